The standard InChI is InChI=1S/C19H19F2N5/c1-19(2,3)12-4-6-13(7-5-12)23-17-11-22-26-18(25-17)24-14-8-9-15(20)16(21)10-14/h4-11H,1-3H3,(H2,23,24,25,26). The van der Waals surface area contributed by atoms with Crippen molar-refractivity contribution >= 4 is 23.1 Å². The fraction of sp³-hybridized carbons (Fsp3) is 0.211. The van der Waals surface area contributed by atoms with Gasteiger partial charge in [0, 0.05) is 17.4 Å². The molecule has 26 heavy (non-hydrogen) atoms. The topological polar surface area (TPSA) is 62.7 Å². The number of aromatic nitrogens is 3. The Labute approximate surface area is 150 Å². The van der Waals surface area contributed by atoms with E-state index in [0.717, 1.165) is 17.8 Å². The van der Waals surface area contributed by atoms with Crippen molar-refractivity contribution in [1.82, 2.24) is 15.2 Å². The van der Waals surface area contributed by atoms with Crippen LogP contribution < -0.4 is 10.6 Å². The van der Waals surface area contributed by atoms with Crippen molar-refractivity contribution in [2.45, 2.75) is 26.2 Å². The van der Waals surface area contributed by atoms with Gasteiger partial charge in [-0.15, -0.1) is 5.10 Å². The molecular formula is C19H19F2N5. The van der Waals surface area contributed by atoms with Gasteiger partial charge in [0.15, 0.2) is 17.5 Å². The molecule has 0 amide bonds. The van der Waals surface area contributed by atoms with Gasteiger partial charge in [-0.2, -0.15) is 10.1 Å². The van der Waals surface area contributed by atoms with Gasteiger partial charge in [0.2, 0.25) is 5.95 Å². The molecule has 0 aliphatic rings. The van der Waals surface area contributed by atoms with Crippen LogP contribution in [0.5, 0.6) is 0 Å². The molecule has 0 spiro atoms. The van der Waals surface area contributed by atoms with E-state index < -0.39 is 11.6 Å². The first-order chi connectivity index (χ1) is 12.3. The maximum absolute atomic E-state index is 13.3. The Balaban J connectivity index is 1.73. The Morgan fingerprint density at radius 1 is 0.846 bits per heavy atom. The molecular weight excluding hydrogens is 336 g/mol. The van der Waals surface area contributed by atoms with Crippen LogP contribution in [0, 0.1) is 11.6 Å². The second-order valence-electron chi connectivity index (χ2n) is 6.87. The van der Waals surface area contributed by atoms with Gasteiger partial charge in [0.1, 0.15) is 0 Å². The summed E-state index contributed by atoms with van der Waals surface area (Å²) in [6.07, 6.45) is 1.48. The van der Waals surface area contributed by atoms with Crippen LogP contribution in [0.4, 0.5) is 31.9 Å². The predicted molar refractivity (Wildman–Crippen MR) is 97.9 cm³/mol. The second-order valence-corrected chi connectivity index (χ2v) is 6.87. The molecule has 0 fully saturated rings. The normalized spacial score (nSPS) is 11.3. The van der Waals surface area contributed by atoms with Crippen molar-refractivity contribution in [3.63, 3.8) is 0 Å². The molecule has 0 radical (unpaired) electrons. The van der Waals surface area contributed by atoms with E-state index in [0.29, 0.717) is 11.5 Å². The van der Waals surface area contributed by atoms with Gasteiger partial charge in [0.05, 0.1) is 6.20 Å². The molecule has 134 valence electrons. The molecule has 7 heteroatoms. The van der Waals surface area contributed by atoms with Crippen LogP contribution >= 0.6 is 0 Å². The fourth-order valence-electron chi connectivity index (χ4n) is 2.32. The summed E-state index contributed by atoms with van der Waals surface area (Å²) < 4.78 is 26.3. The van der Waals surface area contributed by atoms with E-state index in [1.165, 1.54) is 17.8 Å². The molecule has 0 aliphatic heterocycles. The molecule has 5 nitrogen and oxygen atoms in total. The molecule has 0 bridgehead atoms. The summed E-state index contributed by atoms with van der Waals surface area (Å²) in [5.41, 5.74) is 2.50. The minimum atomic E-state index is -0.948. The quantitative estimate of drug-likeness (QED) is 0.694. The number of rotatable bonds is 4. The van der Waals surface area contributed by atoms with E-state index in [-0.39, 0.29) is 11.4 Å². The third kappa shape index (κ3) is 4.30. The zero-order chi connectivity index (χ0) is 18.7. The summed E-state index contributed by atoms with van der Waals surface area (Å²) >= 11 is 0. The van der Waals surface area contributed by atoms with Gasteiger partial charge < -0.3 is 10.6 Å². The lowest BCUT2D eigenvalue weighted by molar-refractivity contribution is 0.509. The molecule has 2 N–H and O–H groups in total. The van der Waals surface area contributed by atoms with E-state index in [1.807, 2.05) is 12.1 Å². The molecule has 0 saturated carbocycles. The minimum absolute atomic E-state index is 0.0799. The largest absolute Gasteiger partial charge is 0.339 e. The SMILES string of the molecule is CC(C)(C)c1ccc(Nc2cnnc(Nc3ccc(F)c(F)c3)n2)cc1. The van der Waals surface area contributed by atoms with Gasteiger partial charge >= 0.3 is 0 Å². The molecule has 2 aromatic carbocycles. The molecule has 0 aliphatic carbocycles. The Bertz CT molecular complexity index is 905. The molecule has 0 saturated heterocycles. The number of anilines is 4. The summed E-state index contributed by atoms with van der Waals surface area (Å²) in [5.74, 6) is -1.21. The van der Waals surface area contributed by atoms with Crippen molar-refractivity contribution < 1.29 is 8.78 Å². The lowest BCUT2D eigenvalue weighted by Gasteiger charge is -2.19. The summed E-state index contributed by atoms with van der Waals surface area (Å²) in [4.78, 5) is 4.27. The number of nitrogens with one attached hydrogen (secondary N) is 2. The molecule has 1 heterocycles. The summed E-state index contributed by atoms with van der Waals surface area (Å²) in [6.45, 7) is 6.46. The van der Waals surface area contributed by atoms with E-state index in [9.17, 15) is 8.78 Å². The number of benzene rings is 2. The third-order valence-electron chi connectivity index (χ3n) is 3.76. The van der Waals surface area contributed by atoms with Gasteiger partial charge in [-0.1, -0.05) is 32.9 Å². The van der Waals surface area contributed by atoms with E-state index in [4.69, 9.17) is 0 Å². The predicted octanol–water partition coefficient (Wildman–Crippen LogP) is 4.93. The van der Waals surface area contributed by atoms with E-state index >= 15 is 0 Å². The average Bonchev–Trinajstić information content (AvgIpc) is 2.58. The summed E-state index contributed by atoms with van der Waals surface area (Å²) in [7, 11) is 0. The lowest BCUT2D eigenvalue weighted by atomic mass is 9.87. The Morgan fingerprint density at radius 3 is 2.19 bits per heavy atom. The molecule has 0 unspecified atom stereocenters. The molecule has 3 aromatic rings. The Kier molecular flexibility index (Phi) is 4.79. The first-order valence-electron chi connectivity index (χ1n) is 8.11. The summed E-state index contributed by atoms with van der Waals surface area (Å²) in [5, 5.41) is 13.7. The summed E-state index contributed by atoms with van der Waals surface area (Å²) in [6, 6.07) is 11.5. The van der Waals surface area contributed by atoms with Crippen LogP contribution in [-0.4, -0.2) is 15.2 Å². The van der Waals surface area contributed by atoms with E-state index in [2.05, 4.69) is 58.7 Å². The molecule has 0 atom stereocenters. The highest BCUT2D eigenvalue weighted by molar-refractivity contribution is 5.59. The van der Waals surface area contributed by atoms with Crippen LogP contribution in [0.2, 0.25) is 0 Å². The van der Waals surface area contributed by atoms with Gasteiger partial charge in [-0.05, 0) is 35.2 Å². The van der Waals surface area contributed by atoms with Crippen LogP contribution in [0.1, 0.15) is 26.3 Å². The van der Waals surface area contributed by atoms with Gasteiger partial charge in [0.25, 0.3) is 0 Å². The fourth-order valence-corrected chi connectivity index (χ4v) is 2.32. The van der Waals surface area contributed by atoms with Crippen molar-refractivity contribution in [3.8, 4) is 0 Å². The van der Waals surface area contributed by atoms with Crippen molar-refractivity contribution in [3.05, 3.63) is 65.9 Å². The lowest BCUT2D eigenvalue weighted by Crippen LogP contribution is -2.10. The second kappa shape index (κ2) is 7.03. The molecule has 3 rings (SSSR count). The third-order valence-corrected chi connectivity index (χ3v) is 3.76. The monoisotopic (exact) mass is 355 g/mol. The van der Waals surface area contributed by atoms with Crippen molar-refractivity contribution in [1.29, 1.82) is 0 Å². The number of hydrogen-bond acceptors (Lipinski definition) is 5. The van der Waals surface area contributed by atoms with Crippen LogP contribution in [0.15, 0.2) is 48.7 Å². The zero-order valence-corrected chi connectivity index (χ0v) is 14.7. The minimum Gasteiger partial charge on any atom is -0.339 e. The first-order valence-corrected chi connectivity index (χ1v) is 8.11. The number of hydrogen-bond donors (Lipinski definition) is 2. The van der Waals surface area contributed by atoms with Crippen LogP contribution in [-0.2, 0) is 5.41 Å². The number of halogens is 2. The van der Waals surface area contributed by atoms with Gasteiger partial charge in [-0.25, -0.2) is 8.78 Å². The average molecular weight is 355 g/mol. The van der Waals surface area contributed by atoms with Gasteiger partial charge in [-0.3, -0.25) is 0 Å². The molecule has 1 aromatic heterocycles. The van der Waals surface area contributed by atoms with Crippen molar-refractivity contribution in [2.24, 2.45) is 0 Å². The highest BCUT2D eigenvalue weighted by Gasteiger charge is 2.13. The van der Waals surface area contributed by atoms with E-state index in [1.54, 1.807) is 0 Å². The highest BCUT2D eigenvalue weighted by atomic mass is 19.2. The first kappa shape index (κ1) is 17.7. The highest BCUT2D eigenvalue weighted by Crippen LogP contribution is 2.24. The smallest absolute Gasteiger partial charge is 0.249 e. The maximum Gasteiger partial charge on any atom is 0.249 e. The van der Waals surface area contributed by atoms with Crippen molar-refractivity contribution in [2.75, 3.05) is 10.6 Å². The Hall–Kier alpha value is -3.09. The maximum atomic E-state index is 13.3. The van der Waals surface area contributed by atoms with Crippen LogP contribution in [0.25, 0.3) is 0 Å². The number of nitrogens with zero attached hydrogens (tertiary/aromatic N) is 3. The zero-order valence-electron chi connectivity index (χ0n) is 14.7. The van der Waals surface area contributed by atoms with Crippen LogP contribution in [0.3, 0.4) is 0 Å². The Morgan fingerprint density at radius 2 is 1.54 bits per heavy atom.